The summed E-state index contributed by atoms with van der Waals surface area (Å²) < 4.78 is 41.6. The van der Waals surface area contributed by atoms with Crippen LogP contribution in [0.1, 0.15) is 22.0 Å². The van der Waals surface area contributed by atoms with Gasteiger partial charge in [0.1, 0.15) is 0 Å². The maximum Gasteiger partial charge on any atom is 0.330 e. The summed E-state index contributed by atoms with van der Waals surface area (Å²) in [4.78, 5) is 25.2. The molecular weight excluding hydrogens is 454 g/mol. The lowest BCUT2D eigenvalue weighted by atomic mass is 9.92. The Labute approximate surface area is 189 Å². The number of hydrogen-bond donors (Lipinski definition) is 0. The first-order chi connectivity index (χ1) is 15.2. The van der Waals surface area contributed by atoms with Crippen LogP contribution < -0.4 is 20.7 Å². The monoisotopic (exact) mass is 477 g/mol. The highest BCUT2D eigenvalue weighted by Crippen LogP contribution is 2.43. The van der Waals surface area contributed by atoms with Crippen LogP contribution in [0.25, 0.3) is 0 Å². The van der Waals surface area contributed by atoms with Gasteiger partial charge in [-0.05, 0) is 41.1 Å². The molecule has 0 saturated heterocycles. The average molecular weight is 478 g/mol. The van der Waals surface area contributed by atoms with E-state index in [1.165, 1.54) is 36.8 Å². The summed E-state index contributed by atoms with van der Waals surface area (Å²) in [6.45, 7) is 0.166. The van der Waals surface area contributed by atoms with Gasteiger partial charge in [-0.3, -0.25) is 9.36 Å². The van der Waals surface area contributed by atoms with E-state index in [-0.39, 0.29) is 6.54 Å². The van der Waals surface area contributed by atoms with Crippen molar-refractivity contribution >= 4 is 21.4 Å². The van der Waals surface area contributed by atoms with E-state index in [1.54, 1.807) is 13.2 Å². The van der Waals surface area contributed by atoms with Gasteiger partial charge in [-0.2, -0.15) is 4.31 Å². The van der Waals surface area contributed by atoms with Gasteiger partial charge >= 0.3 is 5.69 Å². The van der Waals surface area contributed by atoms with Crippen LogP contribution in [-0.4, -0.2) is 42.6 Å². The van der Waals surface area contributed by atoms with Gasteiger partial charge in [0, 0.05) is 31.7 Å². The highest BCUT2D eigenvalue weighted by atomic mass is 32.2. The van der Waals surface area contributed by atoms with Crippen molar-refractivity contribution in [1.82, 2.24) is 13.4 Å². The topological polar surface area (TPSA) is 99.8 Å². The summed E-state index contributed by atoms with van der Waals surface area (Å²) in [5.74, 6) is 1.06. The molecule has 11 heteroatoms. The summed E-state index contributed by atoms with van der Waals surface area (Å²) in [6, 6.07) is 6.72. The quantitative estimate of drug-likeness (QED) is 0.552. The minimum Gasteiger partial charge on any atom is -0.493 e. The van der Waals surface area contributed by atoms with Crippen LogP contribution in [0.15, 0.2) is 50.3 Å². The number of hydrogen-bond acceptors (Lipinski definition) is 7. The second kappa shape index (κ2) is 8.23. The minimum absolute atomic E-state index is 0.166. The van der Waals surface area contributed by atoms with Crippen LogP contribution in [-0.2, 0) is 30.5 Å². The third-order valence-electron chi connectivity index (χ3n) is 5.64. The zero-order valence-electron chi connectivity index (χ0n) is 18.1. The standard InChI is InChI=1S/C21H23N3O6S2/c1-22-12-18(20(25)23(2)21(22)26)32(27,28)24-8-7-13-10-15(29-3)16(30-4)11-14(13)19(24)17-6-5-9-31-17/h5-6,9-12,19H,7-8H2,1-4H3/t19-/m1/s1. The number of sulfonamides is 1. The van der Waals surface area contributed by atoms with Crippen molar-refractivity contribution in [3.8, 4) is 11.5 Å². The minimum atomic E-state index is -4.23. The zero-order valence-corrected chi connectivity index (χ0v) is 19.7. The van der Waals surface area contributed by atoms with Crippen molar-refractivity contribution in [2.45, 2.75) is 17.4 Å². The second-order valence-corrected chi connectivity index (χ2v) is 10.3. The summed E-state index contributed by atoms with van der Waals surface area (Å²) in [5.41, 5.74) is 0.267. The maximum atomic E-state index is 13.8. The first kappa shape index (κ1) is 22.3. The highest BCUT2D eigenvalue weighted by molar-refractivity contribution is 7.89. The maximum absolute atomic E-state index is 13.8. The lowest BCUT2D eigenvalue weighted by Crippen LogP contribution is -2.45. The van der Waals surface area contributed by atoms with Gasteiger partial charge in [0.2, 0.25) is 0 Å². The molecule has 0 N–H and O–H groups in total. The van der Waals surface area contributed by atoms with Gasteiger partial charge in [0.05, 0.1) is 20.3 Å². The number of nitrogens with zero attached hydrogens (tertiary/aromatic N) is 3. The van der Waals surface area contributed by atoms with Crippen LogP contribution >= 0.6 is 11.3 Å². The Hall–Kier alpha value is -2.89. The van der Waals surface area contributed by atoms with E-state index < -0.39 is 32.2 Å². The molecule has 3 aromatic rings. The molecule has 1 aliphatic heterocycles. The molecule has 170 valence electrons. The molecule has 3 heterocycles. The van der Waals surface area contributed by atoms with Gasteiger partial charge in [0.15, 0.2) is 16.4 Å². The lowest BCUT2D eigenvalue weighted by molar-refractivity contribution is 0.333. The van der Waals surface area contributed by atoms with E-state index in [4.69, 9.17) is 9.47 Å². The number of methoxy groups -OCH3 is 2. The van der Waals surface area contributed by atoms with Gasteiger partial charge in [0.25, 0.3) is 15.6 Å². The molecule has 0 radical (unpaired) electrons. The van der Waals surface area contributed by atoms with Gasteiger partial charge in [-0.15, -0.1) is 11.3 Å². The Balaban J connectivity index is 1.94. The van der Waals surface area contributed by atoms with Crippen molar-refractivity contribution in [2.75, 3.05) is 20.8 Å². The van der Waals surface area contributed by atoms with Crippen molar-refractivity contribution < 1.29 is 17.9 Å². The molecule has 0 spiro atoms. The first-order valence-electron chi connectivity index (χ1n) is 9.77. The fraction of sp³-hybridized carbons (Fsp3) is 0.333. The second-order valence-electron chi connectivity index (χ2n) is 7.44. The number of aryl methyl sites for hydroxylation is 1. The number of fused-ring (bicyclic) bond motifs is 1. The van der Waals surface area contributed by atoms with Crippen molar-refractivity contribution in [2.24, 2.45) is 14.1 Å². The summed E-state index contributed by atoms with van der Waals surface area (Å²) in [7, 11) is 1.53. The Bertz CT molecular complexity index is 1390. The van der Waals surface area contributed by atoms with Crippen LogP contribution in [0.5, 0.6) is 11.5 Å². The van der Waals surface area contributed by atoms with Gasteiger partial charge in [-0.25, -0.2) is 13.2 Å². The Morgan fingerprint density at radius 3 is 2.41 bits per heavy atom. The van der Waals surface area contributed by atoms with E-state index in [9.17, 15) is 18.0 Å². The van der Waals surface area contributed by atoms with Crippen LogP contribution in [0.4, 0.5) is 0 Å². The Kier molecular flexibility index (Phi) is 5.74. The lowest BCUT2D eigenvalue weighted by Gasteiger charge is -2.36. The molecule has 1 aromatic carbocycles. The molecule has 0 aliphatic carbocycles. The zero-order chi connectivity index (χ0) is 23.2. The SMILES string of the molecule is COc1cc2c(cc1OC)[C@H](c1cccs1)N(S(=O)(=O)c1cn(C)c(=O)n(C)c1=O)CC2. The number of benzene rings is 1. The largest absolute Gasteiger partial charge is 0.493 e. The van der Waals surface area contributed by atoms with Crippen molar-refractivity contribution in [1.29, 1.82) is 0 Å². The van der Waals surface area contributed by atoms with E-state index in [0.717, 1.165) is 31.3 Å². The van der Waals surface area contributed by atoms with Crippen LogP contribution in [0, 0.1) is 0 Å². The predicted octanol–water partition coefficient (Wildman–Crippen LogP) is 1.50. The van der Waals surface area contributed by atoms with E-state index in [0.29, 0.717) is 17.9 Å². The average Bonchev–Trinajstić information content (AvgIpc) is 3.32. The summed E-state index contributed by atoms with van der Waals surface area (Å²) >= 11 is 1.43. The number of ether oxygens (including phenoxy) is 2. The van der Waals surface area contributed by atoms with E-state index in [1.807, 2.05) is 23.6 Å². The number of thiophene rings is 1. The Morgan fingerprint density at radius 2 is 1.78 bits per heavy atom. The molecule has 0 amide bonds. The molecule has 32 heavy (non-hydrogen) atoms. The van der Waals surface area contributed by atoms with Gasteiger partial charge < -0.3 is 14.0 Å². The fourth-order valence-electron chi connectivity index (χ4n) is 4.00. The molecule has 1 aliphatic rings. The molecule has 0 fully saturated rings. The summed E-state index contributed by atoms with van der Waals surface area (Å²) in [5, 5.41) is 1.88. The van der Waals surface area contributed by atoms with E-state index in [2.05, 4.69) is 0 Å². The van der Waals surface area contributed by atoms with Crippen molar-refractivity contribution in [3.05, 3.63) is 72.7 Å². The molecule has 0 saturated carbocycles. The predicted molar refractivity (Wildman–Crippen MR) is 120 cm³/mol. The summed E-state index contributed by atoms with van der Waals surface area (Å²) in [6.07, 6.45) is 1.53. The van der Waals surface area contributed by atoms with E-state index >= 15 is 0 Å². The van der Waals surface area contributed by atoms with Gasteiger partial charge in [-0.1, -0.05) is 6.07 Å². The molecular formula is C21H23N3O6S2. The molecule has 1 atom stereocenters. The normalized spacial score (nSPS) is 16.6. The van der Waals surface area contributed by atoms with Crippen LogP contribution in [0.3, 0.4) is 0 Å². The van der Waals surface area contributed by atoms with Crippen molar-refractivity contribution in [3.63, 3.8) is 0 Å². The molecule has 0 unspecified atom stereocenters. The highest BCUT2D eigenvalue weighted by Gasteiger charge is 2.40. The fourth-order valence-corrected chi connectivity index (χ4v) is 6.66. The number of rotatable bonds is 5. The number of aromatic nitrogens is 2. The smallest absolute Gasteiger partial charge is 0.330 e. The first-order valence-corrected chi connectivity index (χ1v) is 12.1. The van der Waals surface area contributed by atoms with Crippen LogP contribution in [0.2, 0.25) is 0 Å². The molecule has 4 rings (SSSR count). The molecule has 0 bridgehead atoms. The third kappa shape index (κ3) is 3.46. The third-order valence-corrected chi connectivity index (χ3v) is 8.42. The molecule has 9 nitrogen and oxygen atoms in total. The Morgan fingerprint density at radius 1 is 1.09 bits per heavy atom. The molecule has 2 aromatic heterocycles.